The van der Waals surface area contributed by atoms with Crippen molar-refractivity contribution in [3.05, 3.63) is 106 Å². The Labute approximate surface area is 251 Å². The molecule has 2 aromatic carbocycles. The predicted octanol–water partition coefficient (Wildman–Crippen LogP) is 6.49. The Kier molecular flexibility index (Phi) is 8.46. The molecule has 0 aliphatic heterocycles. The highest BCUT2D eigenvalue weighted by molar-refractivity contribution is 7.99. The lowest BCUT2D eigenvalue weighted by molar-refractivity contribution is 0.0600. The molecule has 0 saturated heterocycles. The lowest BCUT2D eigenvalue weighted by Crippen LogP contribution is -2.23. The van der Waals surface area contributed by atoms with Crippen LogP contribution in [0.2, 0.25) is 0 Å². The van der Waals surface area contributed by atoms with Gasteiger partial charge in [0.1, 0.15) is 10.6 Å². The molecule has 5 aromatic rings. The van der Waals surface area contributed by atoms with Gasteiger partial charge >= 0.3 is 5.97 Å². The molecule has 0 aliphatic carbocycles. The van der Waals surface area contributed by atoms with Gasteiger partial charge in [-0.3, -0.25) is 14.2 Å². The Morgan fingerprint density at radius 2 is 1.79 bits per heavy atom. The van der Waals surface area contributed by atoms with E-state index in [1.807, 2.05) is 66.3 Å². The van der Waals surface area contributed by atoms with Crippen molar-refractivity contribution in [2.24, 2.45) is 0 Å². The normalized spacial score (nSPS) is 11.0. The van der Waals surface area contributed by atoms with E-state index >= 15 is 0 Å². The van der Waals surface area contributed by atoms with Gasteiger partial charge in [-0.1, -0.05) is 30.0 Å². The zero-order valence-electron chi connectivity index (χ0n) is 23.7. The van der Waals surface area contributed by atoms with Crippen molar-refractivity contribution in [1.82, 2.24) is 14.1 Å². The Bertz CT molecular complexity index is 1870. The van der Waals surface area contributed by atoms with Crippen LogP contribution in [0, 0.1) is 13.8 Å². The number of carbonyl (C=O) groups excluding carboxylic acids is 2. The summed E-state index contributed by atoms with van der Waals surface area (Å²) >= 11 is 2.64. The Hall–Kier alpha value is -4.41. The van der Waals surface area contributed by atoms with Gasteiger partial charge in [-0.25, -0.2) is 9.78 Å². The fourth-order valence-corrected chi connectivity index (χ4v) is 6.78. The van der Waals surface area contributed by atoms with Crippen LogP contribution in [0.15, 0.2) is 82.6 Å². The van der Waals surface area contributed by atoms with Crippen LogP contribution in [0.3, 0.4) is 0 Å². The third kappa shape index (κ3) is 5.43. The predicted molar refractivity (Wildman–Crippen MR) is 168 cm³/mol. The molecule has 0 fully saturated rings. The van der Waals surface area contributed by atoms with Gasteiger partial charge < -0.3 is 14.0 Å². The quantitative estimate of drug-likeness (QED) is 0.0596. The summed E-state index contributed by atoms with van der Waals surface area (Å²) in [5.74, 6) is 0.366. The highest BCUT2D eigenvalue weighted by atomic mass is 32.2. The number of ether oxygens (including phenoxy) is 2. The standard InChI is InChI=1S/C32H29N3O5S2/c1-6-15-34-30(37)28-26(21-9-13-24(39-4)14-10-21)17-41-29(28)33-32(34)42-18-27(36)25-16-19(2)35(20(25)3)23-11-7-22(8-12-23)31(38)40-5/h6-14,16-17H,1,15,18H2,2-5H3. The molecule has 3 heterocycles. The van der Waals surface area contributed by atoms with Crippen molar-refractivity contribution in [1.29, 1.82) is 0 Å². The molecule has 42 heavy (non-hydrogen) atoms. The molecule has 0 saturated carbocycles. The maximum absolute atomic E-state index is 13.7. The second kappa shape index (κ2) is 12.2. The van der Waals surface area contributed by atoms with Crippen LogP contribution in [0.25, 0.3) is 27.0 Å². The lowest BCUT2D eigenvalue weighted by Gasteiger charge is -2.12. The molecule has 0 N–H and O–H groups in total. The number of fused-ring (bicyclic) bond motifs is 1. The zero-order valence-corrected chi connectivity index (χ0v) is 25.3. The average molecular weight is 600 g/mol. The molecule has 0 radical (unpaired) electrons. The van der Waals surface area contributed by atoms with E-state index in [0.29, 0.717) is 26.5 Å². The SMILES string of the molecule is C=CCn1c(SCC(=O)c2cc(C)n(-c3ccc(C(=O)OC)cc3)c2C)nc2scc(-c3ccc(OC)cc3)c2c1=O. The summed E-state index contributed by atoms with van der Waals surface area (Å²) in [4.78, 5) is 44.4. The summed E-state index contributed by atoms with van der Waals surface area (Å²) < 4.78 is 13.6. The number of methoxy groups -OCH3 is 2. The highest BCUT2D eigenvalue weighted by Gasteiger charge is 2.21. The van der Waals surface area contributed by atoms with E-state index in [1.54, 1.807) is 29.9 Å². The van der Waals surface area contributed by atoms with E-state index in [9.17, 15) is 14.4 Å². The van der Waals surface area contributed by atoms with Crippen LogP contribution >= 0.6 is 23.1 Å². The van der Waals surface area contributed by atoms with Gasteiger partial charge in [-0.2, -0.15) is 0 Å². The Morgan fingerprint density at radius 3 is 2.43 bits per heavy atom. The first-order chi connectivity index (χ1) is 20.3. The van der Waals surface area contributed by atoms with Crippen molar-refractivity contribution < 1.29 is 19.1 Å². The van der Waals surface area contributed by atoms with Gasteiger partial charge in [0.15, 0.2) is 10.9 Å². The Morgan fingerprint density at radius 1 is 1.07 bits per heavy atom. The van der Waals surface area contributed by atoms with E-state index in [0.717, 1.165) is 34.0 Å². The number of aryl methyl sites for hydroxylation is 1. The number of benzene rings is 2. The van der Waals surface area contributed by atoms with Crippen molar-refractivity contribution in [2.75, 3.05) is 20.0 Å². The van der Waals surface area contributed by atoms with E-state index in [4.69, 9.17) is 14.5 Å². The smallest absolute Gasteiger partial charge is 0.337 e. The van der Waals surface area contributed by atoms with E-state index in [1.165, 1.54) is 30.2 Å². The van der Waals surface area contributed by atoms with Gasteiger partial charge in [-0.05, 0) is 61.9 Å². The summed E-state index contributed by atoms with van der Waals surface area (Å²) in [7, 11) is 2.96. The van der Waals surface area contributed by atoms with Gasteiger partial charge in [0.25, 0.3) is 5.56 Å². The van der Waals surface area contributed by atoms with E-state index in [-0.39, 0.29) is 23.6 Å². The average Bonchev–Trinajstić information content (AvgIpc) is 3.57. The highest BCUT2D eigenvalue weighted by Crippen LogP contribution is 2.33. The molecule has 0 atom stereocenters. The monoisotopic (exact) mass is 599 g/mol. The third-order valence-electron chi connectivity index (χ3n) is 6.98. The molecule has 0 amide bonds. The molecule has 0 spiro atoms. The van der Waals surface area contributed by atoms with Gasteiger partial charge in [0, 0.05) is 40.1 Å². The molecule has 0 aliphatic rings. The summed E-state index contributed by atoms with van der Waals surface area (Å²) in [5, 5.41) is 2.95. The number of aromatic nitrogens is 3. The number of rotatable bonds is 10. The first kappa shape index (κ1) is 29.1. The molecule has 0 bridgehead atoms. The molecule has 214 valence electrons. The summed E-state index contributed by atoms with van der Waals surface area (Å²) in [6.45, 7) is 7.91. The number of carbonyl (C=O) groups is 2. The number of hydrogen-bond donors (Lipinski definition) is 0. The minimum absolute atomic E-state index is 0.0740. The topological polar surface area (TPSA) is 92.4 Å². The summed E-state index contributed by atoms with van der Waals surface area (Å²) in [6.07, 6.45) is 1.65. The maximum Gasteiger partial charge on any atom is 0.337 e. The van der Waals surface area contributed by atoms with Crippen molar-refractivity contribution in [3.8, 4) is 22.6 Å². The molecule has 10 heteroatoms. The van der Waals surface area contributed by atoms with Crippen molar-refractivity contribution >= 4 is 45.1 Å². The molecule has 5 rings (SSSR count). The van der Waals surface area contributed by atoms with Crippen molar-refractivity contribution in [2.45, 2.75) is 25.5 Å². The number of hydrogen-bond acceptors (Lipinski definition) is 8. The van der Waals surface area contributed by atoms with Crippen LogP contribution in [0.5, 0.6) is 5.75 Å². The van der Waals surface area contributed by atoms with Crippen LogP contribution in [-0.2, 0) is 11.3 Å². The minimum Gasteiger partial charge on any atom is -0.497 e. The van der Waals surface area contributed by atoms with Crippen LogP contribution in [-0.4, -0.2) is 45.8 Å². The van der Waals surface area contributed by atoms with Gasteiger partial charge in [0.05, 0.1) is 30.9 Å². The summed E-state index contributed by atoms with van der Waals surface area (Å²) in [5.41, 5.74) is 5.10. The largest absolute Gasteiger partial charge is 0.497 e. The van der Waals surface area contributed by atoms with E-state index in [2.05, 4.69) is 6.58 Å². The number of thiophene rings is 1. The number of thioether (sulfide) groups is 1. The molecule has 3 aromatic heterocycles. The second-order valence-corrected chi connectivity index (χ2v) is 11.3. The molecule has 0 unspecified atom stereocenters. The van der Waals surface area contributed by atoms with Gasteiger partial charge in [-0.15, -0.1) is 17.9 Å². The zero-order chi connectivity index (χ0) is 30.0. The third-order valence-corrected chi connectivity index (χ3v) is 8.83. The number of nitrogens with zero attached hydrogens (tertiary/aromatic N) is 3. The van der Waals surface area contributed by atoms with Crippen LogP contribution in [0.4, 0.5) is 0 Å². The van der Waals surface area contributed by atoms with Crippen LogP contribution in [0.1, 0.15) is 32.1 Å². The first-order valence-electron chi connectivity index (χ1n) is 13.1. The lowest BCUT2D eigenvalue weighted by atomic mass is 10.1. The van der Waals surface area contributed by atoms with E-state index < -0.39 is 5.97 Å². The van der Waals surface area contributed by atoms with Gasteiger partial charge in [0.2, 0.25) is 0 Å². The molecule has 8 nitrogen and oxygen atoms in total. The number of esters is 1. The summed E-state index contributed by atoms with van der Waals surface area (Å²) in [6, 6.07) is 16.5. The maximum atomic E-state index is 13.7. The molecular weight excluding hydrogens is 571 g/mol. The Balaban J connectivity index is 1.42. The van der Waals surface area contributed by atoms with Crippen molar-refractivity contribution in [3.63, 3.8) is 0 Å². The number of Topliss-reactive ketones (excluding diaryl/α,β-unsaturated/α-hetero) is 1. The minimum atomic E-state index is -0.406. The van der Waals surface area contributed by atoms with Crippen LogP contribution < -0.4 is 10.3 Å². The number of allylic oxidation sites excluding steroid dienone is 1. The molecular formula is C32H29N3O5S2. The fourth-order valence-electron chi connectivity index (χ4n) is 4.90. The first-order valence-corrected chi connectivity index (χ1v) is 14.9. The number of ketones is 1. The second-order valence-electron chi connectivity index (χ2n) is 9.53. The fraction of sp³-hybridized carbons (Fsp3) is 0.188.